The van der Waals surface area contributed by atoms with Crippen molar-refractivity contribution in [2.45, 2.75) is 38.1 Å². The largest absolute Gasteiger partial charge is 0.377 e. The third kappa shape index (κ3) is 1.91. The summed E-state index contributed by atoms with van der Waals surface area (Å²) in [6.07, 6.45) is 6.37. The first-order valence-electron chi connectivity index (χ1n) is 7.54. The van der Waals surface area contributed by atoms with Gasteiger partial charge in [0.15, 0.2) is 0 Å². The molecular formula is C16H18BrF2N. The number of halogens is 3. The third-order valence-corrected chi connectivity index (χ3v) is 6.22. The SMILES string of the molecule is Fc1cc(Br)cc(F)c1NC1CC2CC1C1CCCC21. The van der Waals surface area contributed by atoms with Crippen LogP contribution in [-0.4, -0.2) is 6.04 Å². The Bertz CT molecular complexity index is 524. The molecule has 2 bridgehead atoms. The zero-order chi connectivity index (χ0) is 13.9. The molecule has 0 saturated heterocycles. The second-order valence-electron chi connectivity index (χ2n) is 6.65. The first kappa shape index (κ1) is 13.1. The second kappa shape index (κ2) is 4.69. The van der Waals surface area contributed by atoms with Gasteiger partial charge in [-0.15, -0.1) is 0 Å². The molecule has 0 radical (unpaired) electrons. The summed E-state index contributed by atoms with van der Waals surface area (Å²) >= 11 is 3.12. The van der Waals surface area contributed by atoms with Crippen LogP contribution in [0.15, 0.2) is 16.6 Å². The molecule has 5 atom stereocenters. The van der Waals surface area contributed by atoms with Crippen LogP contribution in [0.3, 0.4) is 0 Å². The predicted octanol–water partition coefficient (Wildman–Crippen LogP) is 4.96. The Hall–Kier alpha value is -0.640. The fourth-order valence-corrected chi connectivity index (χ4v) is 5.50. The zero-order valence-corrected chi connectivity index (χ0v) is 12.8. The highest BCUT2D eigenvalue weighted by Crippen LogP contribution is 2.59. The summed E-state index contributed by atoms with van der Waals surface area (Å²) in [6.45, 7) is 0. The Balaban J connectivity index is 1.56. The van der Waals surface area contributed by atoms with Gasteiger partial charge in [0.05, 0.1) is 0 Å². The van der Waals surface area contributed by atoms with Gasteiger partial charge in [-0.05, 0) is 61.5 Å². The molecule has 4 rings (SSSR count). The van der Waals surface area contributed by atoms with Crippen LogP contribution in [0.4, 0.5) is 14.5 Å². The lowest BCUT2D eigenvalue weighted by Gasteiger charge is -2.32. The van der Waals surface area contributed by atoms with Crippen LogP contribution in [0.25, 0.3) is 0 Å². The summed E-state index contributed by atoms with van der Waals surface area (Å²) in [5.74, 6) is 2.11. The lowest BCUT2D eigenvalue weighted by Crippen LogP contribution is -2.34. The zero-order valence-electron chi connectivity index (χ0n) is 11.2. The van der Waals surface area contributed by atoms with E-state index in [0.717, 1.165) is 24.2 Å². The molecule has 0 heterocycles. The average molecular weight is 342 g/mol. The molecule has 3 aliphatic rings. The van der Waals surface area contributed by atoms with Crippen molar-refractivity contribution in [3.05, 3.63) is 28.2 Å². The van der Waals surface area contributed by atoms with Crippen LogP contribution >= 0.6 is 15.9 Å². The summed E-state index contributed by atoms with van der Waals surface area (Å²) in [5.41, 5.74) is 0.0558. The third-order valence-electron chi connectivity index (χ3n) is 5.77. The summed E-state index contributed by atoms with van der Waals surface area (Å²) in [5, 5.41) is 3.18. The Kier molecular flexibility index (Phi) is 3.06. The standard InChI is InChI=1S/C16H18BrF2N/c17-9-6-13(18)16(14(19)7-9)20-15-5-8-4-12(15)11-3-1-2-10(8)11/h6-8,10-12,15,20H,1-5H2. The molecule has 108 valence electrons. The monoisotopic (exact) mass is 341 g/mol. The fourth-order valence-electron chi connectivity index (χ4n) is 5.10. The van der Waals surface area contributed by atoms with Gasteiger partial charge < -0.3 is 5.32 Å². The van der Waals surface area contributed by atoms with Gasteiger partial charge >= 0.3 is 0 Å². The Morgan fingerprint density at radius 1 is 1.00 bits per heavy atom. The van der Waals surface area contributed by atoms with E-state index in [0.29, 0.717) is 10.4 Å². The number of benzene rings is 1. The lowest BCUT2D eigenvalue weighted by molar-refractivity contribution is 0.242. The number of anilines is 1. The normalized spacial score (nSPS) is 38.2. The van der Waals surface area contributed by atoms with Crippen molar-refractivity contribution in [1.29, 1.82) is 0 Å². The van der Waals surface area contributed by atoms with Gasteiger partial charge in [0, 0.05) is 10.5 Å². The van der Waals surface area contributed by atoms with Crippen molar-refractivity contribution in [1.82, 2.24) is 0 Å². The molecule has 20 heavy (non-hydrogen) atoms. The molecule has 1 N–H and O–H groups in total. The topological polar surface area (TPSA) is 12.0 Å². The number of fused-ring (bicyclic) bond motifs is 5. The smallest absolute Gasteiger partial charge is 0.150 e. The van der Waals surface area contributed by atoms with E-state index in [2.05, 4.69) is 21.2 Å². The van der Waals surface area contributed by atoms with Gasteiger partial charge in [0.2, 0.25) is 0 Å². The molecule has 3 fully saturated rings. The van der Waals surface area contributed by atoms with E-state index in [-0.39, 0.29) is 11.7 Å². The number of rotatable bonds is 2. The molecule has 3 aliphatic carbocycles. The van der Waals surface area contributed by atoms with Gasteiger partial charge in [-0.2, -0.15) is 0 Å². The molecule has 0 spiro atoms. The maximum Gasteiger partial charge on any atom is 0.150 e. The molecule has 1 nitrogen and oxygen atoms in total. The Labute approximate surface area is 126 Å². The van der Waals surface area contributed by atoms with E-state index in [4.69, 9.17) is 0 Å². The number of hydrogen-bond donors (Lipinski definition) is 1. The molecule has 0 aromatic heterocycles. The van der Waals surface area contributed by atoms with Gasteiger partial charge in [0.25, 0.3) is 0 Å². The van der Waals surface area contributed by atoms with Gasteiger partial charge in [-0.1, -0.05) is 22.4 Å². The van der Waals surface area contributed by atoms with E-state index in [1.165, 1.54) is 37.8 Å². The van der Waals surface area contributed by atoms with E-state index in [9.17, 15) is 8.78 Å². The molecule has 1 aromatic carbocycles. The van der Waals surface area contributed by atoms with Gasteiger partial charge in [-0.3, -0.25) is 0 Å². The molecule has 5 unspecified atom stereocenters. The van der Waals surface area contributed by atoms with Crippen molar-refractivity contribution >= 4 is 21.6 Å². The number of nitrogens with one attached hydrogen (secondary N) is 1. The van der Waals surface area contributed by atoms with Crippen molar-refractivity contribution in [2.24, 2.45) is 23.7 Å². The van der Waals surface area contributed by atoms with Crippen molar-refractivity contribution < 1.29 is 8.78 Å². The molecule has 4 heteroatoms. The van der Waals surface area contributed by atoms with E-state index in [1.54, 1.807) is 0 Å². The van der Waals surface area contributed by atoms with Crippen LogP contribution < -0.4 is 5.32 Å². The highest BCUT2D eigenvalue weighted by molar-refractivity contribution is 9.10. The maximum absolute atomic E-state index is 13.9. The molecule has 3 saturated carbocycles. The summed E-state index contributed by atoms with van der Waals surface area (Å²) in [4.78, 5) is 0. The molecule has 0 aliphatic heterocycles. The van der Waals surface area contributed by atoms with Crippen LogP contribution in [0.1, 0.15) is 32.1 Å². The summed E-state index contributed by atoms with van der Waals surface area (Å²) in [6, 6.07) is 2.91. The number of hydrogen-bond acceptors (Lipinski definition) is 1. The summed E-state index contributed by atoms with van der Waals surface area (Å²) < 4.78 is 28.3. The van der Waals surface area contributed by atoms with Crippen molar-refractivity contribution in [3.63, 3.8) is 0 Å². The molecule has 0 amide bonds. The minimum Gasteiger partial charge on any atom is -0.377 e. The highest BCUT2D eigenvalue weighted by atomic mass is 79.9. The van der Waals surface area contributed by atoms with Crippen LogP contribution in [-0.2, 0) is 0 Å². The van der Waals surface area contributed by atoms with Crippen LogP contribution in [0.5, 0.6) is 0 Å². The lowest BCUT2D eigenvalue weighted by atomic mass is 9.79. The molecule has 1 aromatic rings. The quantitative estimate of drug-likeness (QED) is 0.801. The fraction of sp³-hybridized carbons (Fsp3) is 0.625. The van der Waals surface area contributed by atoms with E-state index in [1.807, 2.05) is 0 Å². The average Bonchev–Trinajstić information content (AvgIpc) is 3.05. The molecular weight excluding hydrogens is 324 g/mol. The van der Waals surface area contributed by atoms with E-state index >= 15 is 0 Å². The Morgan fingerprint density at radius 3 is 2.45 bits per heavy atom. The highest BCUT2D eigenvalue weighted by Gasteiger charge is 2.53. The predicted molar refractivity (Wildman–Crippen MR) is 78.5 cm³/mol. The minimum absolute atomic E-state index is 0.0558. The Morgan fingerprint density at radius 2 is 1.70 bits per heavy atom. The van der Waals surface area contributed by atoms with Gasteiger partial charge in [0.1, 0.15) is 17.3 Å². The van der Waals surface area contributed by atoms with Gasteiger partial charge in [-0.25, -0.2) is 8.78 Å². The maximum atomic E-state index is 13.9. The summed E-state index contributed by atoms with van der Waals surface area (Å²) in [7, 11) is 0. The van der Waals surface area contributed by atoms with Crippen molar-refractivity contribution in [3.8, 4) is 0 Å². The van der Waals surface area contributed by atoms with Crippen LogP contribution in [0, 0.1) is 35.3 Å². The second-order valence-corrected chi connectivity index (χ2v) is 7.56. The van der Waals surface area contributed by atoms with Crippen molar-refractivity contribution in [2.75, 3.05) is 5.32 Å². The first-order valence-corrected chi connectivity index (χ1v) is 8.34. The van der Waals surface area contributed by atoms with Crippen LogP contribution in [0.2, 0.25) is 0 Å². The minimum atomic E-state index is -0.498. The van der Waals surface area contributed by atoms with E-state index < -0.39 is 11.6 Å². The first-order chi connectivity index (χ1) is 9.63.